The van der Waals surface area contributed by atoms with Gasteiger partial charge in [-0.25, -0.2) is 9.59 Å². The molecule has 0 saturated carbocycles. The molecule has 0 bridgehead atoms. The van der Waals surface area contributed by atoms with Crippen molar-refractivity contribution in [2.75, 3.05) is 7.11 Å². The Morgan fingerprint density at radius 2 is 1.67 bits per heavy atom. The van der Waals surface area contributed by atoms with Crippen LogP contribution in [-0.2, 0) is 36.3 Å². The first-order chi connectivity index (χ1) is 13.7. The van der Waals surface area contributed by atoms with E-state index in [0.29, 0.717) is 6.32 Å². The number of hydrogen-bond acceptors (Lipinski definition) is 6. The Kier molecular flexibility index (Phi) is 7.25. The standard InChI is InChI=1S/C22H34BNO6/c1-20(2,3)28-19(26)24-17(18(25)27-8)13-15-10-9-11-16(12-15)14-23-29-21(4,5)22(6,7)30-23/h9-12,17H,13-14H2,1-8H3,(H,24,26)/t17-/m0/s1. The van der Waals surface area contributed by atoms with Crippen molar-refractivity contribution in [1.29, 1.82) is 0 Å². The zero-order valence-corrected chi connectivity index (χ0v) is 19.3. The van der Waals surface area contributed by atoms with Crippen LogP contribution in [0, 0.1) is 0 Å². The number of ether oxygens (including phenoxy) is 2. The zero-order chi connectivity index (χ0) is 22.7. The van der Waals surface area contributed by atoms with Crippen LogP contribution in [-0.4, -0.2) is 49.1 Å². The summed E-state index contributed by atoms with van der Waals surface area (Å²) in [6, 6.07) is 6.94. The van der Waals surface area contributed by atoms with Gasteiger partial charge in [-0.3, -0.25) is 0 Å². The lowest BCUT2D eigenvalue weighted by molar-refractivity contribution is -0.143. The van der Waals surface area contributed by atoms with Crippen LogP contribution < -0.4 is 5.32 Å². The Bertz CT molecular complexity index is 755. The van der Waals surface area contributed by atoms with E-state index in [2.05, 4.69) is 5.32 Å². The van der Waals surface area contributed by atoms with Crippen LogP contribution >= 0.6 is 0 Å². The third kappa shape index (κ3) is 6.47. The van der Waals surface area contributed by atoms with E-state index in [0.717, 1.165) is 11.1 Å². The fourth-order valence-corrected chi connectivity index (χ4v) is 3.15. The third-order valence-electron chi connectivity index (χ3n) is 5.31. The molecule has 30 heavy (non-hydrogen) atoms. The minimum absolute atomic E-state index is 0.281. The van der Waals surface area contributed by atoms with Gasteiger partial charge in [-0.15, -0.1) is 0 Å². The van der Waals surface area contributed by atoms with E-state index in [-0.39, 0.29) is 24.7 Å². The highest BCUT2D eigenvalue weighted by Gasteiger charge is 2.50. The second-order valence-corrected chi connectivity index (χ2v) is 9.64. The third-order valence-corrected chi connectivity index (χ3v) is 5.31. The highest BCUT2D eigenvalue weighted by molar-refractivity contribution is 6.45. The van der Waals surface area contributed by atoms with Crippen LogP contribution in [0.4, 0.5) is 4.79 Å². The highest BCUT2D eigenvalue weighted by atomic mass is 16.7. The van der Waals surface area contributed by atoms with E-state index in [1.54, 1.807) is 20.8 Å². The largest absolute Gasteiger partial charge is 0.467 e. The van der Waals surface area contributed by atoms with Gasteiger partial charge in [0.25, 0.3) is 0 Å². The molecule has 0 aromatic heterocycles. The molecule has 8 heteroatoms. The molecule has 166 valence electrons. The first kappa shape index (κ1) is 24.2. The molecule has 0 spiro atoms. The van der Waals surface area contributed by atoms with Crippen molar-refractivity contribution >= 4 is 19.2 Å². The molecule has 1 aromatic rings. The number of methoxy groups -OCH3 is 1. The summed E-state index contributed by atoms with van der Waals surface area (Å²) < 4.78 is 22.3. The van der Waals surface area contributed by atoms with E-state index in [9.17, 15) is 9.59 Å². The summed E-state index contributed by atoms with van der Waals surface area (Å²) in [5.41, 5.74) is 0.473. The van der Waals surface area contributed by atoms with Gasteiger partial charge in [0.2, 0.25) is 0 Å². The maximum Gasteiger partial charge on any atom is 0.462 e. The second-order valence-electron chi connectivity index (χ2n) is 9.64. The van der Waals surface area contributed by atoms with Crippen LogP contribution in [0.1, 0.15) is 59.6 Å². The Hall–Kier alpha value is -2.06. The van der Waals surface area contributed by atoms with E-state index in [1.807, 2.05) is 52.0 Å². The van der Waals surface area contributed by atoms with Crippen molar-refractivity contribution < 1.29 is 28.4 Å². The predicted molar refractivity (Wildman–Crippen MR) is 115 cm³/mol. The van der Waals surface area contributed by atoms with Gasteiger partial charge < -0.3 is 24.1 Å². The number of rotatable bonds is 6. The average Bonchev–Trinajstić information content (AvgIpc) is 2.78. The van der Waals surface area contributed by atoms with Gasteiger partial charge in [-0.2, -0.15) is 0 Å². The SMILES string of the molecule is COC(=O)[C@H](Cc1cccc(CB2OC(C)(C)C(C)(C)O2)c1)NC(=O)OC(C)(C)C. The van der Waals surface area contributed by atoms with Crippen molar-refractivity contribution in [3.8, 4) is 0 Å². The fourth-order valence-electron chi connectivity index (χ4n) is 3.15. The molecule has 2 rings (SSSR count). The van der Waals surface area contributed by atoms with Crippen LogP contribution in [0.2, 0.25) is 0 Å². The lowest BCUT2D eigenvalue weighted by atomic mass is 9.80. The number of hydrogen-bond donors (Lipinski definition) is 1. The van der Waals surface area contributed by atoms with Gasteiger partial charge >= 0.3 is 19.2 Å². The first-order valence-electron chi connectivity index (χ1n) is 10.2. The molecular formula is C22H34BNO6. The van der Waals surface area contributed by atoms with Crippen molar-refractivity contribution in [3.05, 3.63) is 35.4 Å². The molecule has 1 N–H and O–H groups in total. The average molecular weight is 419 g/mol. The lowest BCUT2D eigenvalue weighted by Crippen LogP contribution is -2.45. The molecule has 1 heterocycles. The number of carbonyl (C=O) groups is 2. The number of amides is 1. The number of carbonyl (C=O) groups excluding carboxylic acids is 2. The quantitative estimate of drug-likeness (QED) is 0.562. The van der Waals surface area contributed by atoms with Crippen molar-refractivity contribution in [2.24, 2.45) is 0 Å². The van der Waals surface area contributed by atoms with E-state index >= 15 is 0 Å². The smallest absolute Gasteiger partial charge is 0.462 e. The van der Waals surface area contributed by atoms with Crippen molar-refractivity contribution in [2.45, 2.75) is 84.1 Å². The van der Waals surface area contributed by atoms with E-state index < -0.39 is 23.7 Å². The molecule has 1 atom stereocenters. The Morgan fingerprint density at radius 3 is 2.20 bits per heavy atom. The summed E-state index contributed by atoms with van der Waals surface area (Å²) in [6.07, 6.45) is 0.206. The van der Waals surface area contributed by atoms with Crippen LogP contribution in [0.5, 0.6) is 0 Å². The second kappa shape index (κ2) is 8.98. The fraction of sp³-hybridized carbons (Fsp3) is 0.636. The molecular weight excluding hydrogens is 385 g/mol. The highest BCUT2D eigenvalue weighted by Crippen LogP contribution is 2.37. The van der Waals surface area contributed by atoms with Crippen LogP contribution in [0.3, 0.4) is 0 Å². The number of benzene rings is 1. The molecule has 7 nitrogen and oxygen atoms in total. The molecule has 1 amide bonds. The molecule has 1 aliphatic heterocycles. The summed E-state index contributed by atoms with van der Waals surface area (Å²) in [5.74, 6) is -0.530. The monoisotopic (exact) mass is 419 g/mol. The number of nitrogens with one attached hydrogen (secondary N) is 1. The summed E-state index contributed by atoms with van der Waals surface area (Å²) in [4.78, 5) is 24.3. The van der Waals surface area contributed by atoms with Gasteiger partial charge in [-0.05, 0) is 59.6 Å². The minimum atomic E-state index is -0.850. The van der Waals surface area contributed by atoms with Gasteiger partial charge in [0.1, 0.15) is 11.6 Å². The van der Waals surface area contributed by atoms with Gasteiger partial charge in [0.05, 0.1) is 18.3 Å². The first-order valence-corrected chi connectivity index (χ1v) is 10.2. The Labute approximate surface area is 179 Å². The van der Waals surface area contributed by atoms with Crippen LogP contribution in [0.15, 0.2) is 24.3 Å². The predicted octanol–water partition coefficient (Wildman–Crippen LogP) is 3.47. The van der Waals surface area contributed by atoms with Gasteiger partial charge in [0.15, 0.2) is 0 Å². The topological polar surface area (TPSA) is 83.1 Å². The van der Waals surface area contributed by atoms with Gasteiger partial charge in [0, 0.05) is 12.7 Å². The van der Waals surface area contributed by atoms with Crippen LogP contribution in [0.25, 0.3) is 0 Å². The van der Waals surface area contributed by atoms with E-state index in [4.69, 9.17) is 18.8 Å². The molecule has 1 fully saturated rings. The molecule has 1 aromatic carbocycles. The lowest BCUT2D eigenvalue weighted by Gasteiger charge is -2.32. The van der Waals surface area contributed by atoms with Crippen molar-refractivity contribution in [3.63, 3.8) is 0 Å². The summed E-state index contributed by atoms with van der Waals surface area (Å²) in [5, 5.41) is 2.60. The van der Waals surface area contributed by atoms with Gasteiger partial charge in [-0.1, -0.05) is 24.3 Å². The van der Waals surface area contributed by atoms with Crippen molar-refractivity contribution in [1.82, 2.24) is 5.32 Å². The minimum Gasteiger partial charge on any atom is -0.467 e. The summed E-state index contributed by atoms with van der Waals surface area (Å²) in [6.45, 7) is 13.4. The Morgan fingerprint density at radius 1 is 1.10 bits per heavy atom. The van der Waals surface area contributed by atoms with E-state index in [1.165, 1.54) is 7.11 Å². The number of alkyl carbamates (subject to hydrolysis) is 1. The normalized spacial score (nSPS) is 18.6. The Balaban J connectivity index is 2.07. The summed E-state index contributed by atoms with van der Waals surface area (Å²) in [7, 11) is 0.947. The maximum atomic E-state index is 12.2. The molecule has 0 unspecified atom stereocenters. The maximum absolute atomic E-state index is 12.2. The summed E-state index contributed by atoms with van der Waals surface area (Å²) >= 11 is 0. The number of esters is 1. The molecule has 0 aliphatic carbocycles. The zero-order valence-electron chi connectivity index (χ0n) is 19.3. The molecule has 1 saturated heterocycles. The molecule has 0 radical (unpaired) electrons. The molecule has 1 aliphatic rings.